The lowest BCUT2D eigenvalue weighted by atomic mass is 9.63. The zero-order chi connectivity index (χ0) is 37.1. The van der Waals surface area contributed by atoms with Crippen molar-refractivity contribution in [1.29, 1.82) is 0 Å². The standard InChI is InChI=1S/C52H40N4/c1-4-14-36(15-5-1)47-33-48(55-51(54-47)38-16-6-2-7-17-38)37-26-24-35(25-27-37)39-28-29-42-41-20-10-11-21-43(41)52(45(42)32-39)44-22-12-13-23-49(44)56(40-18-8-3-9-19-40)50-30-31-53-34-46(50)52/h1-33,48,51,53-55H,34H2. The minimum atomic E-state index is -0.457. The Bertz CT molecular complexity index is 2700. The van der Waals surface area contributed by atoms with Crippen LogP contribution < -0.4 is 20.9 Å². The summed E-state index contributed by atoms with van der Waals surface area (Å²) < 4.78 is 0. The van der Waals surface area contributed by atoms with Crippen LogP contribution in [0.15, 0.2) is 212 Å². The van der Waals surface area contributed by atoms with Crippen molar-refractivity contribution in [2.24, 2.45) is 0 Å². The molecule has 4 nitrogen and oxygen atoms in total. The fourth-order valence-corrected chi connectivity index (χ4v) is 9.57. The minimum Gasteiger partial charge on any atom is -0.387 e. The Hall–Kier alpha value is -6.88. The first kappa shape index (κ1) is 32.5. The molecular weight excluding hydrogens is 681 g/mol. The largest absolute Gasteiger partial charge is 0.387 e. The first-order chi connectivity index (χ1) is 27.8. The summed E-state index contributed by atoms with van der Waals surface area (Å²) in [7, 11) is 0. The van der Waals surface area contributed by atoms with Crippen molar-refractivity contribution >= 4 is 17.1 Å². The molecule has 4 aliphatic rings. The number of nitrogens with zero attached hydrogens (tertiary/aromatic N) is 1. The molecule has 3 unspecified atom stereocenters. The van der Waals surface area contributed by atoms with Gasteiger partial charge in [0.15, 0.2) is 0 Å². The van der Waals surface area contributed by atoms with Gasteiger partial charge in [-0.15, -0.1) is 0 Å². The molecule has 0 aromatic heterocycles. The first-order valence-corrected chi connectivity index (χ1v) is 19.6. The van der Waals surface area contributed by atoms with Gasteiger partial charge in [0.1, 0.15) is 6.17 Å². The molecule has 0 fully saturated rings. The van der Waals surface area contributed by atoms with Crippen LogP contribution in [0.25, 0.3) is 28.0 Å². The van der Waals surface area contributed by atoms with E-state index >= 15 is 0 Å². The molecule has 3 heterocycles. The summed E-state index contributed by atoms with van der Waals surface area (Å²) in [4.78, 5) is 2.45. The van der Waals surface area contributed by atoms with Crippen LogP contribution in [-0.4, -0.2) is 6.54 Å². The predicted molar refractivity (Wildman–Crippen MR) is 229 cm³/mol. The first-order valence-electron chi connectivity index (χ1n) is 19.6. The van der Waals surface area contributed by atoms with Crippen LogP contribution >= 0.6 is 0 Å². The van der Waals surface area contributed by atoms with Crippen LogP contribution in [0.4, 0.5) is 11.4 Å². The number of rotatable bonds is 5. The van der Waals surface area contributed by atoms with Gasteiger partial charge in [0, 0.05) is 17.9 Å². The monoisotopic (exact) mass is 720 g/mol. The number of nitrogens with one attached hydrogen (secondary N) is 3. The molecule has 0 amide bonds. The Morgan fingerprint density at radius 2 is 1.20 bits per heavy atom. The average molecular weight is 721 g/mol. The predicted octanol–water partition coefficient (Wildman–Crippen LogP) is 11.2. The topological polar surface area (TPSA) is 39.3 Å². The number of benzene rings is 7. The van der Waals surface area contributed by atoms with E-state index in [-0.39, 0.29) is 12.2 Å². The van der Waals surface area contributed by atoms with E-state index in [0.717, 1.165) is 12.2 Å². The molecule has 268 valence electrons. The molecule has 7 aromatic rings. The van der Waals surface area contributed by atoms with Crippen LogP contribution in [0, 0.1) is 0 Å². The molecule has 3 N–H and O–H groups in total. The van der Waals surface area contributed by atoms with Gasteiger partial charge in [0.05, 0.1) is 22.8 Å². The van der Waals surface area contributed by atoms with Crippen molar-refractivity contribution in [3.8, 4) is 22.3 Å². The van der Waals surface area contributed by atoms with Gasteiger partial charge < -0.3 is 15.5 Å². The van der Waals surface area contributed by atoms with Crippen molar-refractivity contribution < 1.29 is 0 Å². The van der Waals surface area contributed by atoms with Gasteiger partial charge in [-0.25, -0.2) is 0 Å². The quantitative estimate of drug-likeness (QED) is 0.166. The smallest absolute Gasteiger partial charge is 0.104 e. The molecule has 0 saturated heterocycles. The third-order valence-corrected chi connectivity index (χ3v) is 12.0. The highest BCUT2D eigenvalue weighted by atomic mass is 15.2. The lowest BCUT2D eigenvalue weighted by molar-refractivity contribution is 0.442. The van der Waals surface area contributed by atoms with Gasteiger partial charge in [-0.05, 0) is 104 Å². The Labute approximate surface area is 328 Å². The van der Waals surface area contributed by atoms with E-state index in [1.807, 2.05) is 0 Å². The van der Waals surface area contributed by atoms with Crippen molar-refractivity contribution in [3.63, 3.8) is 0 Å². The van der Waals surface area contributed by atoms with Crippen molar-refractivity contribution in [2.75, 3.05) is 11.4 Å². The van der Waals surface area contributed by atoms with Gasteiger partial charge in [0.2, 0.25) is 0 Å². The number of hydrogen-bond donors (Lipinski definition) is 3. The average Bonchev–Trinajstić information content (AvgIpc) is 3.57. The van der Waals surface area contributed by atoms with E-state index in [4.69, 9.17) is 0 Å². The maximum Gasteiger partial charge on any atom is 0.104 e. The number of anilines is 2. The molecule has 1 aliphatic carbocycles. The van der Waals surface area contributed by atoms with E-state index in [0.29, 0.717) is 0 Å². The van der Waals surface area contributed by atoms with E-state index in [1.165, 1.54) is 78.3 Å². The molecule has 3 atom stereocenters. The summed E-state index contributed by atoms with van der Waals surface area (Å²) in [6.07, 6.45) is 6.67. The van der Waals surface area contributed by atoms with Gasteiger partial charge in [0.25, 0.3) is 0 Å². The summed E-state index contributed by atoms with van der Waals surface area (Å²) >= 11 is 0. The number of fused-ring (bicyclic) bond motifs is 8. The van der Waals surface area contributed by atoms with Crippen LogP contribution in [0.1, 0.15) is 45.6 Å². The molecule has 4 heteroatoms. The number of allylic oxidation sites excluding steroid dienone is 1. The van der Waals surface area contributed by atoms with E-state index in [2.05, 4.69) is 221 Å². The summed E-state index contributed by atoms with van der Waals surface area (Å²) in [6.45, 7) is 0.752. The SMILES string of the molecule is C1=CC2=C(CN1)C1(c3ccccc3-c3ccc(-c4ccc(C5C=C(c6ccccc6)NC(c6ccccc6)N5)cc4)cc31)c1ccccc1N2c1ccccc1. The second-order valence-electron chi connectivity index (χ2n) is 15.0. The Morgan fingerprint density at radius 3 is 2.00 bits per heavy atom. The van der Waals surface area contributed by atoms with E-state index in [9.17, 15) is 0 Å². The van der Waals surface area contributed by atoms with Crippen LogP contribution in [-0.2, 0) is 5.41 Å². The van der Waals surface area contributed by atoms with E-state index < -0.39 is 5.41 Å². The normalized spacial score (nSPS) is 20.3. The second kappa shape index (κ2) is 13.2. The minimum absolute atomic E-state index is 0.0184. The number of para-hydroxylation sites is 2. The molecule has 56 heavy (non-hydrogen) atoms. The number of dihydropyridines is 1. The number of hydrogen-bond acceptors (Lipinski definition) is 4. The second-order valence-corrected chi connectivity index (χ2v) is 15.0. The molecule has 3 aliphatic heterocycles. The fourth-order valence-electron chi connectivity index (χ4n) is 9.57. The zero-order valence-corrected chi connectivity index (χ0v) is 30.9. The van der Waals surface area contributed by atoms with Gasteiger partial charge >= 0.3 is 0 Å². The van der Waals surface area contributed by atoms with E-state index in [1.54, 1.807) is 0 Å². The highest BCUT2D eigenvalue weighted by Gasteiger charge is 2.52. The summed E-state index contributed by atoms with van der Waals surface area (Å²) in [5, 5.41) is 11.3. The summed E-state index contributed by atoms with van der Waals surface area (Å²) in [5.74, 6) is 0. The highest BCUT2D eigenvalue weighted by Crippen LogP contribution is 2.62. The molecule has 1 spiro atoms. The Morgan fingerprint density at radius 1 is 0.536 bits per heavy atom. The zero-order valence-electron chi connectivity index (χ0n) is 30.9. The van der Waals surface area contributed by atoms with Gasteiger partial charge in [-0.2, -0.15) is 0 Å². The highest BCUT2D eigenvalue weighted by molar-refractivity contribution is 5.93. The summed E-state index contributed by atoms with van der Waals surface area (Å²) in [6, 6.07) is 66.5. The van der Waals surface area contributed by atoms with Crippen molar-refractivity contribution in [2.45, 2.75) is 17.6 Å². The van der Waals surface area contributed by atoms with Crippen molar-refractivity contribution in [1.82, 2.24) is 16.0 Å². The van der Waals surface area contributed by atoms with Crippen LogP contribution in [0.5, 0.6) is 0 Å². The molecule has 11 rings (SSSR count). The van der Waals surface area contributed by atoms with Gasteiger partial charge in [-0.3, -0.25) is 5.32 Å². The van der Waals surface area contributed by atoms with Crippen LogP contribution in [0.3, 0.4) is 0 Å². The Balaban J connectivity index is 1.03. The van der Waals surface area contributed by atoms with Crippen molar-refractivity contribution in [3.05, 3.63) is 245 Å². The third kappa shape index (κ3) is 5.03. The maximum absolute atomic E-state index is 3.87. The maximum atomic E-state index is 3.87. The lowest BCUT2D eigenvalue weighted by Crippen LogP contribution is -2.43. The Kier molecular flexibility index (Phi) is 7.64. The molecular formula is C52H40N4. The van der Waals surface area contributed by atoms with Crippen LogP contribution in [0.2, 0.25) is 0 Å². The summed E-state index contributed by atoms with van der Waals surface area (Å²) in [5.41, 5.74) is 18.3. The molecule has 7 aromatic carbocycles. The molecule has 0 radical (unpaired) electrons. The lowest BCUT2D eigenvalue weighted by Gasteiger charge is -2.47. The fraction of sp³-hybridized carbons (Fsp3) is 0.0769. The van der Waals surface area contributed by atoms with Gasteiger partial charge in [-0.1, -0.05) is 158 Å². The molecule has 0 saturated carbocycles. The third-order valence-electron chi connectivity index (χ3n) is 12.0. The molecule has 0 bridgehead atoms.